The van der Waals surface area contributed by atoms with E-state index in [0.29, 0.717) is 0 Å². The predicted molar refractivity (Wildman–Crippen MR) is 192 cm³/mol. The molecule has 2 heterocycles. The van der Waals surface area contributed by atoms with Crippen LogP contribution in [0.5, 0.6) is 0 Å². The Labute approximate surface area is 264 Å². The molecule has 7 aromatic carbocycles. The molecule has 9 aromatic rings. The Bertz CT molecular complexity index is 2420. The second-order valence-corrected chi connectivity index (χ2v) is 12.3. The summed E-state index contributed by atoms with van der Waals surface area (Å²) < 4.78 is 4.84. The van der Waals surface area contributed by atoms with Gasteiger partial charge in [-0.05, 0) is 77.2 Å². The first-order valence-corrected chi connectivity index (χ1v) is 16.0. The number of anilines is 3. The van der Waals surface area contributed by atoms with Crippen molar-refractivity contribution in [2.24, 2.45) is 0 Å². The van der Waals surface area contributed by atoms with Gasteiger partial charge in [0.25, 0.3) is 0 Å². The Morgan fingerprint density at radius 1 is 0.533 bits per heavy atom. The molecule has 0 aliphatic carbocycles. The van der Waals surface area contributed by atoms with Gasteiger partial charge in [0.05, 0.1) is 11.0 Å². The van der Waals surface area contributed by atoms with Crippen molar-refractivity contribution in [2.75, 3.05) is 4.90 Å². The minimum absolute atomic E-state index is 0.991. The summed E-state index contributed by atoms with van der Waals surface area (Å²) in [6.07, 6.45) is 1.97. The minimum Gasteiger partial charge on any atom is -0.311 e. The molecule has 3 nitrogen and oxygen atoms in total. The van der Waals surface area contributed by atoms with E-state index >= 15 is 0 Å². The van der Waals surface area contributed by atoms with Gasteiger partial charge in [0.15, 0.2) is 0 Å². The molecule has 0 bridgehead atoms. The summed E-state index contributed by atoms with van der Waals surface area (Å²) in [5, 5.41) is 5.07. The summed E-state index contributed by atoms with van der Waals surface area (Å²) in [6.45, 7) is 0. The van der Waals surface area contributed by atoms with Gasteiger partial charge >= 0.3 is 0 Å². The summed E-state index contributed by atoms with van der Waals surface area (Å²) in [5.41, 5.74) is 8.97. The number of nitrogens with zero attached hydrogens (tertiary/aromatic N) is 3. The Balaban J connectivity index is 1.28. The van der Waals surface area contributed by atoms with Gasteiger partial charge in [-0.2, -0.15) is 0 Å². The molecule has 0 atom stereocenters. The van der Waals surface area contributed by atoms with Crippen molar-refractivity contribution in [3.63, 3.8) is 0 Å². The topological polar surface area (TPSA) is 21.1 Å². The molecule has 0 N–H and O–H groups in total. The zero-order chi connectivity index (χ0) is 29.7. The van der Waals surface area contributed by atoms with Crippen LogP contribution in [0.4, 0.5) is 17.1 Å². The Morgan fingerprint density at radius 2 is 1.13 bits per heavy atom. The van der Waals surface area contributed by atoms with Crippen molar-refractivity contribution in [1.29, 1.82) is 0 Å². The van der Waals surface area contributed by atoms with Gasteiger partial charge in [0, 0.05) is 48.3 Å². The Morgan fingerprint density at radius 3 is 1.84 bits per heavy atom. The molecule has 0 radical (unpaired) electrons. The van der Waals surface area contributed by atoms with Crippen LogP contribution in [-0.2, 0) is 0 Å². The third-order valence-corrected chi connectivity index (χ3v) is 9.85. The largest absolute Gasteiger partial charge is 0.311 e. The van der Waals surface area contributed by atoms with E-state index < -0.39 is 0 Å². The number of rotatable bonds is 5. The highest BCUT2D eigenvalue weighted by Gasteiger charge is 2.19. The Kier molecular flexibility index (Phi) is 6.00. The van der Waals surface area contributed by atoms with E-state index in [4.69, 9.17) is 4.98 Å². The maximum Gasteiger partial charge on any atom is 0.100 e. The molecule has 0 spiro atoms. The van der Waals surface area contributed by atoms with Crippen LogP contribution in [0.3, 0.4) is 0 Å². The lowest BCUT2D eigenvalue weighted by Gasteiger charge is -2.25. The van der Waals surface area contributed by atoms with Crippen LogP contribution >= 0.6 is 11.3 Å². The van der Waals surface area contributed by atoms with Crippen molar-refractivity contribution in [3.8, 4) is 16.8 Å². The summed E-state index contributed by atoms with van der Waals surface area (Å²) in [4.78, 5) is 7.28. The van der Waals surface area contributed by atoms with Crippen LogP contribution in [-0.4, -0.2) is 9.55 Å². The molecule has 0 amide bonds. The first-order valence-electron chi connectivity index (χ1n) is 15.1. The number of fused-ring (bicyclic) bond motifs is 7. The lowest BCUT2D eigenvalue weighted by atomic mass is 9.95. The van der Waals surface area contributed by atoms with Crippen molar-refractivity contribution in [3.05, 3.63) is 164 Å². The van der Waals surface area contributed by atoms with E-state index in [1.807, 2.05) is 17.7 Å². The molecular weight excluding hydrogens is 567 g/mol. The fraction of sp³-hybridized carbons (Fsp3) is 0. The number of hydrogen-bond donors (Lipinski definition) is 0. The summed E-state index contributed by atoms with van der Waals surface area (Å²) in [7, 11) is 0. The number of benzene rings is 7. The molecular formula is C41H27N3S. The normalized spacial score (nSPS) is 11.6. The fourth-order valence-electron chi connectivity index (χ4n) is 6.59. The van der Waals surface area contributed by atoms with Crippen LogP contribution in [0.2, 0.25) is 0 Å². The maximum atomic E-state index is 4.98. The highest BCUT2D eigenvalue weighted by Crippen LogP contribution is 2.45. The predicted octanol–water partition coefficient (Wildman–Crippen LogP) is 11.7. The lowest BCUT2D eigenvalue weighted by Crippen LogP contribution is -2.09. The highest BCUT2D eigenvalue weighted by atomic mass is 32.1. The monoisotopic (exact) mass is 593 g/mol. The third kappa shape index (κ3) is 4.22. The number of hydrogen-bond acceptors (Lipinski definition) is 3. The molecule has 45 heavy (non-hydrogen) atoms. The SMILES string of the molecule is c1ccc(N(c2ccccc2)c2ccc(-c3cc4ncn(-c5ccccc5)c4c4c3ccc3c5ccccc5sc34)cc2)cc1. The van der Waals surface area contributed by atoms with Crippen LogP contribution in [0.15, 0.2) is 164 Å². The van der Waals surface area contributed by atoms with Crippen molar-refractivity contribution in [1.82, 2.24) is 9.55 Å². The second-order valence-electron chi connectivity index (χ2n) is 11.3. The van der Waals surface area contributed by atoms with Crippen LogP contribution < -0.4 is 4.90 Å². The van der Waals surface area contributed by atoms with E-state index in [2.05, 4.69) is 167 Å². The van der Waals surface area contributed by atoms with Crippen molar-refractivity contribution in [2.45, 2.75) is 0 Å². The standard InChI is InChI=1S/C41H27N3S/c1-4-12-29(13-5-1)43-27-42-37-26-36(34-24-25-35-33-18-10-11-19-38(33)45-41(35)39(34)40(37)43)28-20-22-32(23-21-28)44(30-14-6-2-7-15-30)31-16-8-3-9-17-31/h1-27H. The number of thiophene rings is 1. The smallest absolute Gasteiger partial charge is 0.100 e. The Hall–Kier alpha value is -5.71. The summed E-state index contributed by atoms with van der Waals surface area (Å²) in [5.74, 6) is 0. The van der Waals surface area contributed by atoms with Gasteiger partial charge < -0.3 is 4.90 Å². The first kappa shape index (κ1) is 25.8. The first-order chi connectivity index (χ1) is 22.3. The molecule has 2 aromatic heterocycles. The number of para-hydroxylation sites is 3. The second kappa shape index (κ2) is 10.5. The molecule has 0 fully saturated rings. The van der Waals surface area contributed by atoms with Gasteiger partial charge in [-0.15, -0.1) is 11.3 Å². The molecule has 0 saturated heterocycles. The minimum atomic E-state index is 0.991. The zero-order valence-corrected chi connectivity index (χ0v) is 25.2. The average molecular weight is 594 g/mol. The summed E-state index contributed by atoms with van der Waals surface area (Å²) in [6, 6.07) is 56.2. The van der Waals surface area contributed by atoms with E-state index in [9.17, 15) is 0 Å². The summed E-state index contributed by atoms with van der Waals surface area (Å²) >= 11 is 1.87. The molecule has 4 heteroatoms. The van der Waals surface area contributed by atoms with Crippen LogP contribution in [0, 0.1) is 0 Å². The van der Waals surface area contributed by atoms with E-state index in [0.717, 1.165) is 33.8 Å². The van der Waals surface area contributed by atoms with Gasteiger partial charge in [-0.1, -0.05) is 97.1 Å². The number of imidazole rings is 1. The highest BCUT2D eigenvalue weighted by molar-refractivity contribution is 7.26. The van der Waals surface area contributed by atoms with Gasteiger partial charge in [-0.3, -0.25) is 4.57 Å². The molecule has 0 saturated carbocycles. The van der Waals surface area contributed by atoms with Crippen molar-refractivity contribution >= 4 is 70.4 Å². The number of aromatic nitrogens is 2. The van der Waals surface area contributed by atoms with Gasteiger partial charge in [0.2, 0.25) is 0 Å². The average Bonchev–Trinajstić information content (AvgIpc) is 3.72. The van der Waals surface area contributed by atoms with Crippen LogP contribution in [0.1, 0.15) is 0 Å². The van der Waals surface area contributed by atoms with Gasteiger partial charge in [-0.25, -0.2) is 4.98 Å². The third-order valence-electron chi connectivity index (χ3n) is 8.65. The van der Waals surface area contributed by atoms with Gasteiger partial charge in [0.1, 0.15) is 6.33 Å². The molecule has 0 unspecified atom stereocenters. The zero-order valence-electron chi connectivity index (χ0n) is 24.3. The molecule has 0 aliphatic heterocycles. The maximum absolute atomic E-state index is 4.98. The van der Waals surface area contributed by atoms with E-state index in [1.54, 1.807) is 0 Å². The molecule has 212 valence electrons. The van der Waals surface area contributed by atoms with Crippen molar-refractivity contribution < 1.29 is 0 Å². The van der Waals surface area contributed by atoms with E-state index in [-0.39, 0.29) is 0 Å². The molecule has 9 rings (SSSR count). The quantitative estimate of drug-likeness (QED) is 0.198. The fourth-order valence-corrected chi connectivity index (χ4v) is 7.84. The van der Waals surface area contributed by atoms with Crippen LogP contribution in [0.25, 0.3) is 58.8 Å². The lowest BCUT2D eigenvalue weighted by molar-refractivity contribution is 1.10. The van der Waals surface area contributed by atoms with E-state index in [1.165, 1.54) is 42.1 Å². The molecule has 0 aliphatic rings.